The highest BCUT2D eigenvalue weighted by molar-refractivity contribution is 5.86. The minimum atomic E-state index is -1.24. The lowest BCUT2D eigenvalue weighted by molar-refractivity contribution is -0.176. The number of nitrogens with one attached hydrogen (secondary N) is 1. The normalized spacial score (nSPS) is 25.5. The number of carbonyl (C=O) groups excluding carboxylic acids is 3. The lowest BCUT2D eigenvalue weighted by Crippen LogP contribution is -2.62. The summed E-state index contributed by atoms with van der Waals surface area (Å²) < 4.78 is 16.2. The van der Waals surface area contributed by atoms with Crippen molar-refractivity contribution in [2.24, 2.45) is 11.7 Å². The molecule has 3 fully saturated rings. The molecule has 1 aromatic carbocycles. The van der Waals surface area contributed by atoms with Gasteiger partial charge in [-0.3, -0.25) is 9.69 Å². The first-order valence-corrected chi connectivity index (χ1v) is 11.0. The first-order chi connectivity index (χ1) is 15.1. The van der Waals surface area contributed by atoms with Crippen molar-refractivity contribution in [1.29, 1.82) is 0 Å². The van der Waals surface area contributed by atoms with E-state index in [1.165, 1.54) is 0 Å². The Labute approximate surface area is 188 Å². The predicted molar refractivity (Wildman–Crippen MR) is 116 cm³/mol. The summed E-state index contributed by atoms with van der Waals surface area (Å²) in [5.74, 6) is -1.05. The van der Waals surface area contributed by atoms with Crippen LogP contribution in [-0.2, 0) is 30.4 Å². The fraction of sp³-hybridized carbons (Fsp3) is 0.609. The molecule has 9 nitrogen and oxygen atoms in total. The van der Waals surface area contributed by atoms with Gasteiger partial charge in [0.1, 0.15) is 18.2 Å². The van der Waals surface area contributed by atoms with Crippen LogP contribution in [0, 0.1) is 5.92 Å². The number of alkyl carbamates (subject to hydrolysis) is 1. The summed E-state index contributed by atoms with van der Waals surface area (Å²) in [6.45, 7) is 6.79. The molecule has 4 rings (SSSR count). The first-order valence-electron chi connectivity index (χ1n) is 11.0. The maximum Gasteiger partial charge on any atom is 0.408 e. The number of amides is 1. The highest BCUT2D eigenvalue weighted by atomic mass is 16.6. The van der Waals surface area contributed by atoms with E-state index in [9.17, 15) is 14.4 Å². The van der Waals surface area contributed by atoms with Crippen LogP contribution < -0.4 is 11.1 Å². The molecule has 3 aliphatic rings. The van der Waals surface area contributed by atoms with Gasteiger partial charge in [0.05, 0.1) is 12.5 Å². The van der Waals surface area contributed by atoms with Gasteiger partial charge in [-0.05, 0) is 45.1 Å². The Morgan fingerprint density at radius 1 is 1.16 bits per heavy atom. The first kappa shape index (κ1) is 24.0. The van der Waals surface area contributed by atoms with Gasteiger partial charge < -0.3 is 25.3 Å². The molecule has 3 heterocycles. The second-order valence-electron chi connectivity index (χ2n) is 9.33. The van der Waals surface area contributed by atoms with Crippen LogP contribution in [0.5, 0.6) is 0 Å². The third-order valence-corrected chi connectivity index (χ3v) is 5.63. The highest BCUT2D eigenvalue weighted by Crippen LogP contribution is 2.31. The Kier molecular flexibility index (Phi) is 7.73. The summed E-state index contributed by atoms with van der Waals surface area (Å²) in [4.78, 5) is 39.7. The average Bonchev–Trinajstić information content (AvgIpc) is 2.74. The number of fused-ring (bicyclic) bond motifs is 3. The van der Waals surface area contributed by atoms with Gasteiger partial charge in [-0.1, -0.05) is 30.3 Å². The summed E-state index contributed by atoms with van der Waals surface area (Å²) in [6, 6.07) is 7.63. The minimum absolute atomic E-state index is 0.0180. The molecular formula is C23H33N3O6. The molecule has 0 aromatic heterocycles. The number of hydrogen-bond acceptors (Lipinski definition) is 8. The van der Waals surface area contributed by atoms with Crippen LogP contribution >= 0.6 is 0 Å². The molecule has 1 aromatic rings. The second kappa shape index (κ2) is 10.3. The summed E-state index contributed by atoms with van der Waals surface area (Å²) >= 11 is 0. The Morgan fingerprint density at radius 3 is 2.41 bits per heavy atom. The molecule has 3 atom stereocenters. The van der Waals surface area contributed by atoms with E-state index in [0.29, 0.717) is 5.92 Å². The van der Waals surface area contributed by atoms with E-state index in [1.54, 1.807) is 20.8 Å². The lowest BCUT2D eigenvalue weighted by atomic mass is 9.83. The number of rotatable bonds is 7. The van der Waals surface area contributed by atoms with Gasteiger partial charge in [-0.25, -0.2) is 9.59 Å². The monoisotopic (exact) mass is 447 g/mol. The Balaban J connectivity index is 1.62. The summed E-state index contributed by atoms with van der Waals surface area (Å²) in [7, 11) is 0. The number of nitrogens with two attached hydrogens (primary N) is 1. The van der Waals surface area contributed by atoms with Crippen LogP contribution in [0.3, 0.4) is 0 Å². The third-order valence-electron chi connectivity index (χ3n) is 5.63. The molecule has 9 heteroatoms. The van der Waals surface area contributed by atoms with Gasteiger partial charge in [-0.15, -0.1) is 0 Å². The number of carbonyl (C=O) groups is 3. The van der Waals surface area contributed by atoms with E-state index in [1.807, 2.05) is 35.2 Å². The maximum atomic E-state index is 12.7. The van der Waals surface area contributed by atoms with Crippen LogP contribution in [0.2, 0.25) is 0 Å². The van der Waals surface area contributed by atoms with Crippen molar-refractivity contribution in [2.45, 2.75) is 70.6 Å². The van der Waals surface area contributed by atoms with E-state index >= 15 is 0 Å². The van der Waals surface area contributed by atoms with Gasteiger partial charge in [0, 0.05) is 13.1 Å². The van der Waals surface area contributed by atoms with Gasteiger partial charge in [-0.2, -0.15) is 0 Å². The summed E-state index contributed by atoms with van der Waals surface area (Å²) in [6.07, 6.45) is 0.268. The van der Waals surface area contributed by atoms with Gasteiger partial charge in [0.2, 0.25) is 0 Å². The second-order valence-corrected chi connectivity index (χ2v) is 9.33. The van der Waals surface area contributed by atoms with Crippen molar-refractivity contribution in [1.82, 2.24) is 10.2 Å². The van der Waals surface area contributed by atoms with E-state index in [2.05, 4.69) is 5.32 Å². The molecular weight excluding hydrogens is 414 g/mol. The fourth-order valence-corrected chi connectivity index (χ4v) is 4.01. The molecule has 176 valence electrons. The van der Waals surface area contributed by atoms with Crippen LogP contribution in [-0.4, -0.2) is 59.9 Å². The standard InChI is InChI=1S/C23H33N3O6/c1-23(2,3)32-22(29)25-17(21(28)30-14-15-7-5-4-6-8-15)13-18(27)31-20-19(24)16-9-11-26(20)12-10-16/h4-8,16-17,19-20H,9-14,24H2,1-3H3,(H,25,29)/t17-,19-,20?/m0/s1. The molecule has 32 heavy (non-hydrogen) atoms. The van der Waals surface area contributed by atoms with Gasteiger partial charge >= 0.3 is 18.0 Å². The quantitative estimate of drug-likeness (QED) is 0.481. The summed E-state index contributed by atoms with van der Waals surface area (Å²) in [5, 5.41) is 2.44. The largest absolute Gasteiger partial charge is 0.459 e. The van der Waals surface area contributed by atoms with Crippen LogP contribution in [0.15, 0.2) is 30.3 Å². The van der Waals surface area contributed by atoms with Crippen LogP contribution in [0.1, 0.15) is 45.6 Å². The molecule has 0 saturated carbocycles. The minimum Gasteiger partial charge on any atom is -0.459 e. The highest BCUT2D eigenvalue weighted by Gasteiger charge is 2.43. The molecule has 3 saturated heterocycles. The smallest absolute Gasteiger partial charge is 0.408 e. The predicted octanol–water partition coefficient (Wildman–Crippen LogP) is 1.94. The molecule has 0 spiro atoms. The molecule has 0 radical (unpaired) electrons. The van der Waals surface area contributed by atoms with E-state index in [-0.39, 0.29) is 19.1 Å². The van der Waals surface area contributed by atoms with Crippen LogP contribution in [0.4, 0.5) is 4.79 Å². The summed E-state index contributed by atoms with van der Waals surface area (Å²) in [5.41, 5.74) is 6.29. The van der Waals surface area contributed by atoms with E-state index in [4.69, 9.17) is 19.9 Å². The Bertz CT molecular complexity index is 800. The van der Waals surface area contributed by atoms with Crippen LogP contribution in [0.25, 0.3) is 0 Å². The van der Waals surface area contributed by atoms with E-state index < -0.39 is 35.9 Å². The van der Waals surface area contributed by atoms with Crippen molar-refractivity contribution < 1.29 is 28.6 Å². The maximum absolute atomic E-state index is 12.7. The van der Waals surface area contributed by atoms with Crippen molar-refractivity contribution in [2.75, 3.05) is 13.1 Å². The van der Waals surface area contributed by atoms with Gasteiger partial charge in [0.25, 0.3) is 0 Å². The van der Waals surface area contributed by atoms with Crippen molar-refractivity contribution >= 4 is 18.0 Å². The van der Waals surface area contributed by atoms with Crippen molar-refractivity contribution in [3.63, 3.8) is 0 Å². The zero-order chi connectivity index (χ0) is 23.3. The number of hydrogen-bond donors (Lipinski definition) is 2. The molecule has 3 aliphatic heterocycles. The number of esters is 2. The van der Waals surface area contributed by atoms with Crippen molar-refractivity contribution in [3.05, 3.63) is 35.9 Å². The third kappa shape index (κ3) is 6.67. The Hall–Kier alpha value is -2.65. The van der Waals surface area contributed by atoms with Gasteiger partial charge in [0.15, 0.2) is 6.23 Å². The number of piperidine rings is 3. The zero-order valence-corrected chi connectivity index (χ0v) is 18.9. The Morgan fingerprint density at radius 2 is 1.81 bits per heavy atom. The van der Waals surface area contributed by atoms with Crippen molar-refractivity contribution in [3.8, 4) is 0 Å². The fourth-order valence-electron chi connectivity index (χ4n) is 4.01. The zero-order valence-electron chi connectivity index (χ0n) is 18.9. The average molecular weight is 448 g/mol. The lowest BCUT2D eigenvalue weighted by Gasteiger charge is -2.48. The molecule has 1 unspecified atom stereocenters. The SMILES string of the molecule is CC(C)(C)OC(=O)N[C@@H](CC(=O)OC1[C@@H](N)C2CCN1CC2)C(=O)OCc1ccccc1. The number of benzene rings is 1. The molecule has 3 N–H and O–H groups in total. The number of ether oxygens (including phenoxy) is 3. The topological polar surface area (TPSA) is 120 Å². The molecule has 0 aliphatic carbocycles. The molecule has 2 bridgehead atoms. The van der Waals surface area contributed by atoms with E-state index in [0.717, 1.165) is 31.5 Å². The molecule has 1 amide bonds. The number of nitrogens with zero attached hydrogens (tertiary/aromatic N) is 1.